The average molecular weight is 404 g/mol. The van der Waals surface area contributed by atoms with Gasteiger partial charge in [-0.1, -0.05) is 19.4 Å². The first-order valence-electron chi connectivity index (χ1n) is 7.95. The molecular weight excluding hydrogens is 386 g/mol. The smallest absolute Gasteiger partial charge is 0.270 e. The zero-order valence-corrected chi connectivity index (χ0v) is 15.5. The summed E-state index contributed by atoms with van der Waals surface area (Å²) in [7, 11) is 1.55. The zero-order chi connectivity index (χ0) is 17.8. The van der Waals surface area contributed by atoms with E-state index in [9.17, 15) is 4.79 Å². The molecule has 1 atom stereocenters. The van der Waals surface area contributed by atoms with Crippen LogP contribution in [0.5, 0.6) is 5.75 Å². The fourth-order valence-corrected chi connectivity index (χ4v) is 3.07. The summed E-state index contributed by atoms with van der Waals surface area (Å²) in [5, 5.41) is 11.4. The summed E-state index contributed by atoms with van der Waals surface area (Å²) in [6.45, 7) is 2.06. The fraction of sp³-hybridized carbons (Fsp3) is 0.294. The van der Waals surface area contributed by atoms with E-state index in [1.54, 1.807) is 19.2 Å². The number of aromatic nitrogens is 4. The largest absolute Gasteiger partial charge is 0.494 e. The molecule has 130 valence electrons. The zero-order valence-electron chi connectivity index (χ0n) is 13.9. The van der Waals surface area contributed by atoms with Crippen molar-refractivity contribution in [2.45, 2.75) is 25.8 Å². The number of hydrogen-bond acceptors (Lipinski definition) is 5. The van der Waals surface area contributed by atoms with Crippen LogP contribution in [0.1, 0.15) is 42.1 Å². The van der Waals surface area contributed by atoms with Crippen LogP contribution in [0.15, 0.2) is 41.1 Å². The normalized spacial score (nSPS) is 12.1. The van der Waals surface area contributed by atoms with Crippen LogP contribution in [-0.4, -0.2) is 32.6 Å². The second-order valence-electron chi connectivity index (χ2n) is 5.49. The first kappa shape index (κ1) is 17.3. The fourth-order valence-electron chi connectivity index (χ4n) is 2.58. The molecule has 0 saturated carbocycles. The lowest BCUT2D eigenvalue weighted by molar-refractivity contribution is 0.0927. The Labute approximate surface area is 153 Å². The molecule has 3 aromatic rings. The number of nitrogens with zero attached hydrogens (tertiary/aromatic N) is 4. The molecule has 25 heavy (non-hydrogen) atoms. The Kier molecular flexibility index (Phi) is 5.28. The van der Waals surface area contributed by atoms with E-state index >= 15 is 0 Å². The van der Waals surface area contributed by atoms with E-state index in [-0.39, 0.29) is 11.9 Å². The lowest BCUT2D eigenvalue weighted by atomic mass is 10.1. The number of rotatable bonds is 6. The Balaban J connectivity index is 1.86. The average Bonchev–Trinajstić information content (AvgIpc) is 3.05. The highest BCUT2D eigenvalue weighted by molar-refractivity contribution is 9.10. The van der Waals surface area contributed by atoms with Crippen LogP contribution >= 0.6 is 15.9 Å². The highest BCUT2D eigenvalue weighted by atomic mass is 79.9. The van der Waals surface area contributed by atoms with E-state index in [4.69, 9.17) is 4.74 Å². The summed E-state index contributed by atoms with van der Waals surface area (Å²) in [5.74, 6) is 1.01. The standard InChI is InChI=1S/C17H18BrN5O2/c1-3-6-11(16-22-21-14-7-4-5-10-23(14)16)20-17(24)12-8-9-13(25-2)15(18)19-12/h4-5,7-11H,3,6H2,1-2H3,(H,20,24)/t11-/m1/s1. The molecule has 0 spiro atoms. The van der Waals surface area contributed by atoms with Crippen molar-refractivity contribution in [1.29, 1.82) is 0 Å². The van der Waals surface area contributed by atoms with Crippen molar-refractivity contribution in [3.8, 4) is 5.75 Å². The van der Waals surface area contributed by atoms with Crippen LogP contribution in [0, 0.1) is 0 Å². The van der Waals surface area contributed by atoms with Crippen LogP contribution in [-0.2, 0) is 0 Å². The summed E-state index contributed by atoms with van der Waals surface area (Å²) >= 11 is 3.30. The molecule has 0 aromatic carbocycles. The van der Waals surface area contributed by atoms with E-state index in [2.05, 4.69) is 43.4 Å². The number of fused-ring (bicyclic) bond motifs is 1. The van der Waals surface area contributed by atoms with Crippen molar-refractivity contribution in [1.82, 2.24) is 24.9 Å². The van der Waals surface area contributed by atoms with Gasteiger partial charge in [-0.05, 0) is 46.6 Å². The summed E-state index contributed by atoms with van der Waals surface area (Å²) < 4.78 is 7.52. The van der Waals surface area contributed by atoms with Gasteiger partial charge < -0.3 is 10.1 Å². The van der Waals surface area contributed by atoms with Gasteiger partial charge in [-0.15, -0.1) is 10.2 Å². The molecular formula is C17H18BrN5O2. The van der Waals surface area contributed by atoms with Gasteiger partial charge in [0.25, 0.3) is 5.91 Å². The molecule has 1 amide bonds. The van der Waals surface area contributed by atoms with Crippen LogP contribution in [0.25, 0.3) is 5.65 Å². The molecule has 3 rings (SSSR count). The van der Waals surface area contributed by atoms with Gasteiger partial charge in [0.1, 0.15) is 10.3 Å². The molecule has 0 aliphatic heterocycles. The molecule has 0 aliphatic carbocycles. The van der Waals surface area contributed by atoms with E-state index in [0.717, 1.165) is 18.5 Å². The highest BCUT2D eigenvalue weighted by Gasteiger charge is 2.21. The number of carbonyl (C=O) groups is 1. The number of hydrogen-bond donors (Lipinski definition) is 1. The number of nitrogens with one attached hydrogen (secondary N) is 1. The summed E-state index contributed by atoms with van der Waals surface area (Å²) in [4.78, 5) is 16.9. The third-order valence-corrected chi connectivity index (χ3v) is 4.37. The van der Waals surface area contributed by atoms with Crippen LogP contribution in [0.2, 0.25) is 0 Å². The van der Waals surface area contributed by atoms with Crippen molar-refractivity contribution < 1.29 is 9.53 Å². The van der Waals surface area contributed by atoms with Crippen molar-refractivity contribution >= 4 is 27.5 Å². The van der Waals surface area contributed by atoms with Crippen LogP contribution in [0.3, 0.4) is 0 Å². The van der Waals surface area contributed by atoms with E-state index in [0.29, 0.717) is 21.9 Å². The van der Waals surface area contributed by atoms with E-state index in [1.165, 1.54) is 0 Å². The van der Waals surface area contributed by atoms with Gasteiger partial charge in [0.2, 0.25) is 0 Å². The second kappa shape index (κ2) is 7.60. The van der Waals surface area contributed by atoms with Gasteiger partial charge in [-0.2, -0.15) is 0 Å². The monoisotopic (exact) mass is 403 g/mol. The lowest BCUT2D eigenvalue weighted by Gasteiger charge is -2.16. The Morgan fingerprint density at radius 1 is 1.32 bits per heavy atom. The van der Waals surface area contributed by atoms with Crippen LogP contribution in [0.4, 0.5) is 0 Å². The predicted octanol–water partition coefficient (Wildman–Crippen LogP) is 3.17. The molecule has 8 heteroatoms. The SMILES string of the molecule is CCC[C@@H](NC(=O)c1ccc(OC)c(Br)n1)c1nnc2ccccn12. The Bertz CT molecular complexity index is 896. The van der Waals surface area contributed by atoms with E-state index < -0.39 is 0 Å². The molecule has 0 saturated heterocycles. The van der Waals surface area contributed by atoms with Gasteiger partial charge in [0, 0.05) is 6.20 Å². The molecule has 0 unspecified atom stereocenters. The Morgan fingerprint density at radius 3 is 2.88 bits per heavy atom. The van der Waals surface area contributed by atoms with Gasteiger partial charge in [-0.25, -0.2) is 4.98 Å². The number of pyridine rings is 2. The summed E-state index contributed by atoms with van der Waals surface area (Å²) in [6, 6.07) is 8.77. The highest BCUT2D eigenvalue weighted by Crippen LogP contribution is 2.23. The van der Waals surface area contributed by atoms with Gasteiger partial charge in [0.15, 0.2) is 17.2 Å². The van der Waals surface area contributed by atoms with Gasteiger partial charge in [-0.3, -0.25) is 9.20 Å². The third kappa shape index (κ3) is 3.63. The van der Waals surface area contributed by atoms with Crippen molar-refractivity contribution in [3.63, 3.8) is 0 Å². The molecule has 3 aromatic heterocycles. The number of carbonyl (C=O) groups excluding carboxylic acids is 1. The Morgan fingerprint density at radius 2 is 2.16 bits per heavy atom. The molecule has 0 bridgehead atoms. The van der Waals surface area contributed by atoms with Crippen LogP contribution < -0.4 is 10.1 Å². The number of amides is 1. The van der Waals surface area contributed by atoms with Crippen molar-refractivity contribution in [3.05, 3.63) is 52.7 Å². The minimum Gasteiger partial charge on any atom is -0.494 e. The second-order valence-corrected chi connectivity index (χ2v) is 6.24. The minimum atomic E-state index is -0.269. The third-order valence-electron chi connectivity index (χ3n) is 3.80. The van der Waals surface area contributed by atoms with Crippen molar-refractivity contribution in [2.24, 2.45) is 0 Å². The topological polar surface area (TPSA) is 81.4 Å². The molecule has 3 heterocycles. The van der Waals surface area contributed by atoms with Crippen molar-refractivity contribution in [2.75, 3.05) is 7.11 Å². The first-order valence-corrected chi connectivity index (χ1v) is 8.74. The molecule has 0 fully saturated rings. The summed E-state index contributed by atoms with van der Waals surface area (Å²) in [6.07, 6.45) is 3.53. The first-order chi connectivity index (χ1) is 12.1. The van der Waals surface area contributed by atoms with Gasteiger partial charge in [0.05, 0.1) is 13.2 Å². The number of halogens is 1. The van der Waals surface area contributed by atoms with E-state index in [1.807, 2.05) is 28.8 Å². The molecule has 0 radical (unpaired) electrons. The maximum absolute atomic E-state index is 12.6. The predicted molar refractivity (Wildman–Crippen MR) is 96.6 cm³/mol. The molecule has 0 aliphatic rings. The summed E-state index contributed by atoms with van der Waals surface area (Å²) in [5.41, 5.74) is 1.06. The lowest BCUT2D eigenvalue weighted by Crippen LogP contribution is -2.30. The quantitative estimate of drug-likeness (QED) is 0.639. The molecule has 1 N–H and O–H groups in total. The Hall–Kier alpha value is -2.48. The number of methoxy groups -OCH3 is 1. The number of ether oxygens (including phenoxy) is 1. The molecule has 7 nitrogen and oxygen atoms in total. The minimum absolute atomic E-state index is 0.252. The maximum atomic E-state index is 12.6. The van der Waals surface area contributed by atoms with Gasteiger partial charge >= 0.3 is 0 Å². The maximum Gasteiger partial charge on any atom is 0.270 e.